The van der Waals surface area contributed by atoms with Crippen molar-refractivity contribution in [3.8, 4) is 5.75 Å². The molecule has 23 heavy (non-hydrogen) atoms. The van der Waals surface area contributed by atoms with Gasteiger partial charge in [0.2, 0.25) is 5.91 Å². The summed E-state index contributed by atoms with van der Waals surface area (Å²) in [5.41, 5.74) is 0.406. The first-order chi connectivity index (χ1) is 11.0. The number of alkyl halides is 2. The minimum Gasteiger partial charge on any atom is -0.464 e. The van der Waals surface area contributed by atoms with Crippen LogP contribution in [0.3, 0.4) is 0 Å². The number of para-hydroxylation sites is 1. The van der Waals surface area contributed by atoms with Crippen LogP contribution in [0.15, 0.2) is 46.9 Å². The van der Waals surface area contributed by atoms with E-state index in [9.17, 15) is 13.6 Å². The fourth-order valence-corrected chi connectivity index (χ4v) is 1.99. The fraction of sp³-hybridized carbons (Fsp3) is 0.235. The molecule has 0 bridgehead atoms. The van der Waals surface area contributed by atoms with E-state index in [0.717, 1.165) is 5.76 Å². The molecule has 122 valence electrons. The summed E-state index contributed by atoms with van der Waals surface area (Å²) in [4.78, 5) is 13.5. The molecule has 6 heteroatoms. The van der Waals surface area contributed by atoms with Crippen LogP contribution < -0.4 is 4.74 Å². The molecule has 1 aromatic heterocycles. The van der Waals surface area contributed by atoms with Gasteiger partial charge in [-0.3, -0.25) is 4.79 Å². The van der Waals surface area contributed by atoms with E-state index < -0.39 is 6.61 Å². The zero-order valence-corrected chi connectivity index (χ0v) is 12.8. The van der Waals surface area contributed by atoms with Crippen LogP contribution in [-0.4, -0.2) is 24.5 Å². The van der Waals surface area contributed by atoms with E-state index >= 15 is 0 Å². The number of hydrogen-bond acceptors (Lipinski definition) is 3. The minimum absolute atomic E-state index is 0.0239. The summed E-state index contributed by atoms with van der Waals surface area (Å²) < 4.78 is 34.5. The van der Waals surface area contributed by atoms with Gasteiger partial charge in [-0.25, -0.2) is 0 Å². The molecule has 0 atom stereocenters. The average Bonchev–Trinajstić information content (AvgIpc) is 2.90. The van der Waals surface area contributed by atoms with Crippen LogP contribution in [0.1, 0.15) is 17.1 Å². The molecule has 0 aliphatic rings. The number of likely N-dealkylation sites (N-methyl/N-ethyl adjacent to an activating group) is 1. The number of furan rings is 1. The Kier molecular flexibility index (Phi) is 5.51. The second-order valence-corrected chi connectivity index (χ2v) is 4.96. The third-order valence-corrected chi connectivity index (χ3v) is 3.11. The van der Waals surface area contributed by atoms with Crippen molar-refractivity contribution in [2.24, 2.45) is 0 Å². The zero-order chi connectivity index (χ0) is 16.8. The van der Waals surface area contributed by atoms with Crippen molar-refractivity contribution in [3.63, 3.8) is 0 Å². The van der Waals surface area contributed by atoms with E-state index in [1.54, 1.807) is 31.3 Å². The number of carbonyl (C=O) groups is 1. The molecule has 2 aromatic rings. The fourth-order valence-electron chi connectivity index (χ4n) is 1.99. The number of hydrogen-bond donors (Lipinski definition) is 0. The van der Waals surface area contributed by atoms with Gasteiger partial charge in [-0.2, -0.15) is 8.78 Å². The smallest absolute Gasteiger partial charge is 0.387 e. The number of ether oxygens (including phenoxy) is 1. The van der Waals surface area contributed by atoms with E-state index in [0.29, 0.717) is 17.9 Å². The summed E-state index contributed by atoms with van der Waals surface area (Å²) in [6.07, 6.45) is 2.76. The maximum atomic E-state index is 12.3. The third kappa shape index (κ3) is 4.95. The molecule has 1 amide bonds. The van der Waals surface area contributed by atoms with Gasteiger partial charge in [-0.15, -0.1) is 0 Å². The first kappa shape index (κ1) is 16.7. The summed E-state index contributed by atoms with van der Waals surface area (Å²) in [7, 11) is 1.63. The normalized spacial score (nSPS) is 11.2. The van der Waals surface area contributed by atoms with E-state index in [4.69, 9.17) is 4.42 Å². The first-order valence-corrected chi connectivity index (χ1v) is 6.98. The van der Waals surface area contributed by atoms with Gasteiger partial charge >= 0.3 is 6.61 Å². The van der Waals surface area contributed by atoms with E-state index in [1.807, 2.05) is 13.0 Å². The molecule has 0 saturated carbocycles. The summed E-state index contributed by atoms with van der Waals surface area (Å²) in [5.74, 6) is 1.20. The molecule has 2 rings (SSSR count). The monoisotopic (exact) mass is 321 g/mol. The van der Waals surface area contributed by atoms with Gasteiger partial charge in [-0.05, 0) is 31.2 Å². The third-order valence-electron chi connectivity index (χ3n) is 3.11. The molecule has 0 fully saturated rings. The van der Waals surface area contributed by atoms with Crippen molar-refractivity contribution in [3.05, 3.63) is 59.6 Å². The van der Waals surface area contributed by atoms with Gasteiger partial charge in [0.1, 0.15) is 17.3 Å². The molecule has 4 nitrogen and oxygen atoms in total. The van der Waals surface area contributed by atoms with E-state index in [2.05, 4.69) is 4.74 Å². The topological polar surface area (TPSA) is 42.7 Å². The van der Waals surface area contributed by atoms with Crippen LogP contribution in [0.2, 0.25) is 0 Å². The number of benzene rings is 1. The molecule has 0 unspecified atom stereocenters. The molecule has 0 aliphatic carbocycles. The van der Waals surface area contributed by atoms with Crippen molar-refractivity contribution < 1.29 is 22.7 Å². The Labute approximate surface area is 133 Å². The van der Waals surface area contributed by atoms with Gasteiger partial charge in [-0.1, -0.05) is 18.2 Å². The Balaban J connectivity index is 2.03. The highest BCUT2D eigenvalue weighted by Gasteiger charge is 2.10. The maximum Gasteiger partial charge on any atom is 0.387 e. The van der Waals surface area contributed by atoms with Crippen molar-refractivity contribution in [1.29, 1.82) is 0 Å². The number of nitrogens with zero attached hydrogens (tertiary/aromatic N) is 1. The summed E-state index contributed by atoms with van der Waals surface area (Å²) in [6.45, 7) is -0.762. The number of rotatable bonds is 6. The predicted molar refractivity (Wildman–Crippen MR) is 82.0 cm³/mol. The van der Waals surface area contributed by atoms with Crippen molar-refractivity contribution in [2.45, 2.75) is 20.1 Å². The van der Waals surface area contributed by atoms with Gasteiger partial charge in [0.05, 0.1) is 6.54 Å². The second-order valence-electron chi connectivity index (χ2n) is 4.96. The lowest BCUT2D eigenvalue weighted by Gasteiger charge is -2.13. The van der Waals surface area contributed by atoms with Gasteiger partial charge in [0.25, 0.3) is 0 Å². The Bertz CT molecular complexity index is 695. The highest BCUT2D eigenvalue weighted by atomic mass is 19.3. The zero-order valence-electron chi connectivity index (χ0n) is 12.8. The van der Waals surface area contributed by atoms with Crippen LogP contribution >= 0.6 is 0 Å². The number of carbonyl (C=O) groups excluding carboxylic acids is 1. The average molecular weight is 321 g/mol. The Morgan fingerprint density at radius 1 is 1.30 bits per heavy atom. The predicted octanol–water partition coefficient (Wildman–Crippen LogP) is 3.86. The molecule has 0 radical (unpaired) electrons. The van der Waals surface area contributed by atoms with Crippen LogP contribution in [0, 0.1) is 6.92 Å². The summed E-state index contributed by atoms with van der Waals surface area (Å²) in [5, 5.41) is 0. The molecule has 0 spiro atoms. The number of amides is 1. The molecule has 1 heterocycles. The van der Waals surface area contributed by atoms with Crippen molar-refractivity contribution in [1.82, 2.24) is 4.90 Å². The van der Waals surface area contributed by atoms with Gasteiger partial charge in [0.15, 0.2) is 0 Å². The van der Waals surface area contributed by atoms with E-state index in [1.165, 1.54) is 23.1 Å². The highest BCUT2D eigenvalue weighted by Crippen LogP contribution is 2.21. The van der Waals surface area contributed by atoms with Gasteiger partial charge in [0, 0.05) is 18.7 Å². The minimum atomic E-state index is -2.91. The molecule has 0 saturated heterocycles. The molecular formula is C17H17F2NO3. The van der Waals surface area contributed by atoms with Gasteiger partial charge < -0.3 is 14.1 Å². The largest absolute Gasteiger partial charge is 0.464 e. The SMILES string of the molecule is Cc1ccc(CN(C)C(=O)/C=C/c2ccccc2OC(F)F)o1. The quantitative estimate of drug-likeness (QED) is 0.759. The van der Waals surface area contributed by atoms with Crippen LogP contribution in [0.5, 0.6) is 5.75 Å². The standard InChI is InChI=1S/C17H17F2NO3/c1-12-7-9-14(22-12)11-20(2)16(21)10-8-13-5-3-4-6-15(13)23-17(18)19/h3-10,17H,11H2,1-2H3/b10-8+. The van der Waals surface area contributed by atoms with Crippen molar-refractivity contribution >= 4 is 12.0 Å². The lowest BCUT2D eigenvalue weighted by molar-refractivity contribution is -0.125. The maximum absolute atomic E-state index is 12.3. The molecule has 1 aromatic carbocycles. The molecule has 0 aliphatic heterocycles. The van der Waals surface area contributed by atoms with Crippen molar-refractivity contribution in [2.75, 3.05) is 7.05 Å². The second kappa shape index (κ2) is 7.58. The molecular weight excluding hydrogens is 304 g/mol. The Hall–Kier alpha value is -2.63. The number of aryl methyl sites for hydroxylation is 1. The first-order valence-electron chi connectivity index (χ1n) is 6.98. The van der Waals surface area contributed by atoms with Crippen LogP contribution in [0.25, 0.3) is 6.08 Å². The Morgan fingerprint density at radius 2 is 2.04 bits per heavy atom. The lowest BCUT2D eigenvalue weighted by Crippen LogP contribution is -2.23. The number of halogens is 2. The highest BCUT2D eigenvalue weighted by molar-refractivity contribution is 5.91. The Morgan fingerprint density at radius 3 is 2.70 bits per heavy atom. The molecule has 0 N–H and O–H groups in total. The lowest BCUT2D eigenvalue weighted by atomic mass is 10.2. The summed E-state index contributed by atoms with van der Waals surface area (Å²) >= 11 is 0. The summed E-state index contributed by atoms with van der Waals surface area (Å²) in [6, 6.07) is 9.90. The van der Waals surface area contributed by atoms with E-state index in [-0.39, 0.29) is 11.7 Å². The van der Waals surface area contributed by atoms with Crippen LogP contribution in [-0.2, 0) is 11.3 Å². The van der Waals surface area contributed by atoms with Crippen LogP contribution in [0.4, 0.5) is 8.78 Å².